The summed E-state index contributed by atoms with van der Waals surface area (Å²) >= 11 is 0. The number of rotatable bonds is 5. The Kier molecular flexibility index (Phi) is 3.75. The topological polar surface area (TPSA) is 72.2 Å². The molecule has 0 saturated carbocycles. The van der Waals surface area contributed by atoms with Crippen molar-refractivity contribution in [3.05, 3.63) is 53.6 Å². The first kappa shape index (κ1) is 13.0. The minimum atomic E-state index is -1.03. The Balaban J connectivity index is 2.19. The third kappa shape index (κ3) is 3.07. The summed E-state index contributed by atoms with van der Waals surface area (Å²) < 4.78 is 1.58. The summed E-state index contributed by atoms with van der Waals surface area (Å²) in [6.07, 6.45) is 3.89. The fourth-order valence-corrected chi connectivity index (χ4v) is 1.85. The van der Waals surface area contributed by atoms with E-state index in [1.54, 1.807) is 17.0 Å². The number of nitrogens with zero attached hydrogens (tertiary/aromatic N) is 2. The summed E-state index contributed by atoms with van der Waals surface area (Å²) in [5.41, 5.74) is 1.43. The molecule has 0 aliphatic heterocycles. The van der Waals surface area contributed by atoms with Crippen molar-refractivity contribution in [2.24, 2.45) is 0 Å². The van der Waals surface area contributed by atoms with Gasteiger partial charge in [0, 0.05) is 36.6 Å². The van der Waals surface area contributed by atoms with Gasteiger partial charge >= 0.3 is 5.97 Å². The third-order valence-electron chi connectivity index (χ3n) is 2.86. The van der Waals surface area contributed by atoms with Gasteiger partial charge in [-0.3, -0.25) is 9.78 Å². The predicted molar refractivity (Wildman–Crippen MR) is 69.3 cm³/mol. The molecular formula is C14H14N2O3. The minimum Gasteiger partial charge on any atom is -0.477 e. The molecule has 0 radical (unpaired) electrons. The number of aryl methyl sites for hydroxylation is 2. The van der Waals surface area contributed by atoms with Crippen LogP contribution in [0.15, 0.2) is 36.7 Å². The van der Waals surface area contributed by atoms with Crippen LogP contribution in [0, 0.1) is 0 Å². The van der Waals surface area contributed by atoms with Gasteiger partial charge in [-0.15, -0.1) is 0 Å². The Bertz CT molecular complexity index is 602. The molecule has 0 bridgehead atoms. The van der Waals surface area contributed by atoms with Crippen LogP contribution in [-0.4, -0.2) is 26.4 Å². The van der Waals surface area contributed by atoms with E-state index in [4.69, 9.17) is 5.11 Å². The third-order valence-corrected chi connectivity index (χ3v) is 2.86. The maximum absolute atomic E-state index is 11.3. The smallest absolute Gasteiger partial charge is 0.352 e. The Morgan fingerprint density at radius 2 is 2.16 bits per heavy atom. The number of carboxylic acid groups (broad SMARTS) is 1. The molecule has 0 unspecified atom stereocenters. The van der Waals surface area contributed by atoms with Crippen molar-refractivity contribution in [1.29, 1.82) is 0 Å². The van der Waals surface area contributed by atoms with Gasteiger partial charge in [0.2, 0.25) is 0 Å². The molecule has 0 atom stereocenters. The number of hydrogen-bond donors (Lipinski definition) is 1. The molecule has 2 aromatic rings. The zero-order chi connectivity index (χ0) is 13.8. The van der Waals surface area contributed by atoms with Crippen molar-refractivity contribution in [2.75, 3.05) is 0 Å². The van der Waals surface area contributed by atoms with E-state index in [-0.39, 0.29) is 11.5 Å². The summed E-state index contributed by atoms with van der Waals surface area (Å²) in [6.45, 7) is 1.90. The highest BCUT2D eigenvalue weighted by atomic mass is 16.4. The van der Waals surface area contributed by atoms with Gasteiger partial charge in [-0.25, -0.2) is 4.79 Å². The number of carboxylic acids is 1. The molecule has 0 saturated heterocycles. The van der Waals surface area contributed by atoms with E-state index in [1.807, 2.05) is 18.2 Å². The maximum atomic E-state index is 11.3. The molecule has 0 aliphatic carbocycles. The van der Waals surface area contributed by atoms with Gasteiger partial charge in [0.15, 0.2) is 5.78 Å². The maximum Gasteiger partial charge on any atom is 0.352 e. The Morgan fingerprint density at radius 3 is 2.74 bits per heavy atom. The molecule has 1 N–H and O–H groups in total. The molecule has 5 nitrogen and oxygen atoms in total. The second kappa shape index (κ2) is 5.48. The molecule has 98 valence electrons. The molecule has 2 heterocycles. The number of aromatic carboxylic acids is 1. The van der Waals surface area contributed by atoms with Crippen LogP contribution in [0.1, 0.15) is 33.5 Å². The van der Waals surface area contributed by atoms with Crippen LogP contribution >= 0.6 is 0 Å². The summed E-state index contributed by atoms with van der Waals surface area (Å²) in [4.78, 5) is 26.6. The van der Waals surface area contributed by atoms with Crippen LogP contribution in [0.3, 0.4) is 0 Å². The number of carbonyl (C=O) groups is 2. The minimum absolute atomic E-state index is 0.126. The van der Waals surface area contributed by atoms with Crippen molar-refractivity contribution in [3.63, 3.8) is 0 Å². The molecule has 0 amide bonds. The first-order valence-corrected chi connectivity index (χ1v) is 5.92. The van der Waals surface area contributed by atoms with Crippen molar-refractivity contribution in [3.8, 4) is 0 Å². The quantitative estimate of drug-likeness (QED) is 0.833. The van der Waals surface area contributed by atoms with Gasteiger partial charge in [0.1, 0.15) is 5.69 Å². The summed E-state index contributed by atoms with van der Waals surface area (Å²) in [6, 6.07) is 7.01. The van der Waals surface area contributed by atoms with Crippen molar-refractivity contribution in [1.82, 2.24) is 9.55 Å². The largest absolute Gasteiger partial charge is 0.477 e. The number of carbonyl (C=O) groups excluding carboxylic acids is 1. The SMILES string of the molecule is CC(=O)c1cc(C(=O)O)n(CCc2ccccn2)c1. The number of Topliss-reactive ketones (excluding diaryl/α,β-unsaturated/α-hetero) is 1. The second-order valence-corrected chi connectivity index (χ2v) is 4.24. The van der Waals surface area contributed by atoms with Crippen LogP contribution in [0.4, 0.5) is 0 Å². The standard InChI is InChI=1S/C14H14N2O3/c1-10(17)11-8-13(14(18)19)16(9-11)7-5-12-4-2-3-6-15-12/h2-4,6,8-9H,5,7H2,1H3,(H,18,19). The number of pyridine rings is 1. The number of hydrogen-bond acceptors (Lipinski definition) is 3. The summed E-state index contributed by atoms with van der Waals surface area (Å²) in [5, 5.41) is 9.11. The van der Waals surface area contributed by atoms with Crippen molar-refractivity contribution >= 4 is 11.8 Å². The van der Waals surface area contributed by atoms with Crippen LogP contribution in [0.2, 0.25) is 0 Å². The lowest BCUT2D eigenvalue weighted by Crippen LogP contribution is -2.09. The highest BCUT2D eigenvalue weighted by Gasteiger charge is 2.14. The van der Waals surface area contributed by atoms with Gasteiger partial charge in [-0.1, -0.05) is 6.07 Å². The summed E-state index contributed by atoms with van der Waals surface area (Å²) in [7, 11) is 0. The molecule has 5 heteroatoms. The molecule has 0 fully saturated rings. The van der Waals surface area contributed by atoms with E-state index >= 15 is 0 Å². The van der Waals surface area contributed by atoms with E-state index < -0.39 is 5.97 Å². The zero-order valence-electron chi connectivity index (χ0n) is 10.5. The zero-order valence-corrected chi connectivity index (χ0v) is 10.5. The van der Waals surface area contributed by atoms with Crippen LogP contribution in [-0.2, 0) is 13.0 Å². The average molecular weight is 258 g/mol. The van der Waals surface area contributed by atoms with Crippen molar-refractivity contribution < 1.29 is 14.7 Å². The lowest BCUT2D eigenvalue weighted by Gasteiger charge is -2.05. The number of aromatic nitrogens is 2. The molecule has 0 spiro atoms. The molecule has 0 aliphatic rings. The lowest BCUT2D eigenvalue weighted by atomic mass is 10.2. The van der Waals surface area contributed by atoms with Crippen LogP contribution in [0.5, 0.6) is 0 Å². The fraction of sp³-hybridized carbons (Fsp3) is 0.214. The normalized spacial score (nSPS) is 10.4. The van der Waals surface area contributed by atoms with Gasteiger partial charge in [-0.2, -0.15) is 0 Å². The highest BCUT2D eigenvalue weighted by molar-refractivity contribution is 5.97. The van der Waals surface area contributed by atoms with Gasteiger partial charge < -0.3 is 9.67 Å². The lowest BCUT2D eigenvalue weighted by molar-refractivity contribution is 0.0685. The van der Waals surface area contributed by atoms with Crippen molar-refractivity contribution in [2.45, 2.75) is 19.9 Å². The Labute approximate surface area is 110 Å². The van der Waals surface area contributed by atoms with Gasteiger partial charge in [-0.05, 0) is 25.1 Å². The number of ketones is 1. The van der Waals surface area contributed by atoms with Gasteiger partial charge in [0.25, 0.3) is 0 Å². The van der Waals surface area contributed by atoms with E-state index in [1.165, 1.54) is 13.0 Å². The molecule has 19 heavy (non-hydrogen) atoms. The molecular weight excluding hydrogens is 244 g/mol. The summed E-state index contributed by atoms with van der Waals surface area (Å²) in [5.74, 6) is -1.17. The molecule has 0 aromatic carbocycles. The Morgan fingerprint density at radius 1 is 1.37 bits per heavy atom. The fourth-order valence-electron chi connectivity index (χ4n) is 1.85. The van der Waals surface area contributed by atoms with E-state index in [0.717, 1.165) is 5.69 Å². The second-order valence-electron chi connectivity index (χ2n) is 4.24. The molecule has 2 aromatic heterocycles. The first-order chi connectivity index (χ1) is 9.08. The van der Waals surface area contributed by atoms with Crippen LogP contribution in [0.25, 0.3) is 0 Å². The average Bonchev–Trinajstić information content (AvgIpc) is 2.82. The van der Waals surface area contributed by atoms with E-state index in [2.05, 4.69) is 4.98 Å². The van der Waals surface area contributed by atoms with E-state index in [9.17, 15) is 9.59 Å². The highest BCUT2D eigenvalue weighted by Crippen LogP contribution is 2.11. The van der Waals surface area contributed by atoms with E-state index in [0.29, 0.717) is 18.5 Å². The van der Waals surface area contributed by atoms with Gasteiger partial charge in [0.05, 0.1) is 0 Å². The Hall–Kier alpha value is -2.43. The monoisotopic (exact) mass is 258 g/mol. The predicted octanol–water partition coefficient (Wildman–Crippen LogP) is 2.03. The van der Waals surface area contributed by atoms with Crippen LogP contribution < -0.4 is 0 Å². The first-order valence-electron chi connectivity index (χ1n) is 5.92. The molecule has 2 rings (SSSR count).